The fraction of sp³-hybridized carbons (Fsp3) is 0.417. The Bertz CT molecular complexity index is 479. The third kappa shape index (κ3) is 4.14. The summed E-state index contributed by atoms with van der Waals surface area (Å²) >= 11 is 11.6. The number of rotatable bonds is 4. The van der Waals surface area contributed by atoms with E-state index in [1.165, 1.54) is 6.07 Å². The second-order valence-electron chi connectivity index (χ2n) is 4.59. The summed E-state index contributed by atoms with van der Waals surface area (Å²) < 4.78 is 0. The SMILES string of the molecule is CC(C)C[C@H](N)C(=O)c1c(N)cc(Cl)c(O)c1Cl.Cl. The number of hydrogen-bond acceptors (Lipinski definition) is 4. The molecule has 0 bridgehead atoms. The van der Waals surface area contributed by atoms with Gasteiger partial charge in [-0.15, -0.1) is 12.4 Å². The third-order valence-electron chi connectivity index (χ3n) is 2.53. The summed E-state index contributed by atoms with van der Waals surface area (Å²) in [4.78, 5) is 12.1. The smallest absolute Gasteiger partial charge is 0.183 e. The lowest BCUT2D eigenvalue weighted by Gasteiger charge is -2.16. The Hall–Kier alpha value is -0.680. The Kier molecular flexibility index (Phi) is 6.94. The van der Waals surface area contributed by atoms with Gasteiger partial charge in [0, 0.05) is 5.69 Å². The Morgan fingerprint density at radius 1 is 1.42 bits per heavy atom. The zero-order valence-corrected chi connectivity index (χ0v) is 12.9. The van der Waals surface area contributed by atoms with Crippen LogP contribution in [0.2, 0.25) is 10.0 Å². The number of aromatic hydroxyl groups is 1. The van der Waals surface area contributed by atoms with Gasteiger partial charge in [-0.1, -0.05) is 37.0 Å². The Labute approximate surface area is 128 Å². The third-order valence-corrected chi connectivity index (χ3v) is 3.19. The second-order valence-corrected chi connectivity index (χ2v) is 5.37. The molecule has 0 heterocycles. The predicted octanol–water partition coefficient (Wildman–Crippen LogP) is 3.26. The van der Waals surface area contributed by atoms with Crippen LogP contribution in [-0.2, 0) is 0 Å². The van der Waals surface area contributed by atoms with Crippen LogP contribution in [0, 0.1) is 5.92 Å². The molecule has 0 saturated carbocycles. The lowest BCUT2D eigenvalue weighted by molar-refractivity contribution is 0.0951. The first kappa shape index (κ1) is 18.3. The maximum Gasteiger partial charge on any atom is 0.183 e. The molecule has 1 aromatic carbocycles. The average molecular weight is 328 g/mol. The van der Waals surface area contributed by atoms with E-state index < -0.39 is 11.8 Å². The largest absolute Gasteiger partial charge is 0.505 e. The summed E-state index contributed by atoms with van der Waals surface area (Å²) in [5.74, 6) is -0.476. The van der Waals surface area contributed by atoms with Crippen molar-refractivity contribution >= 4 is 47.1 Å². The number of phenolic OH excluding ortho intramolecular Hbond substituents is 1. The van der Waals surface area contributed by atoms with E-state index in [0.717, 1.165) is 0 Å². The van der Waals surface area contributed by atoms with Crippen molar-refractivity contribution in [2.75, 3.05) is 5.73 Å². The number of ketones is 1. The standard InChI is InChI=1S/C12H16Cl2N2O2.ClH/c1-5(2)3-8(16)12(18)9-7(15)4-6(13)11(17)10(9)14;/h4-5,8,17H,3,15-16H2,1-2H3;1H/t8-;/m0./s1. The van der Waals surface area contributed by atoms with E-state index in [4.69, 9.17) is 34.7 Å². The fourth-order valence-corrected chi connectivity index (χ4v) is 2.24. The van der Waals surface area contributed by atoms with Crippen molar-refractivity contribution < 1.29 is 9.90 Å². The molecule has 0 spiro atoms. The minimum atomic E-state index is -0.703. The van der Waals surface area contributed by atoms with Crippen LogP contribution in [0.5, 0.6) is 5.75 Å². The number of nitrogens with two attached hydrogens (primary N) is 2. The number of nitrogen functional groups attached to an aromatic ring is 1. The summed E-state index contributed by atoms with van der Waals surface area (Å²) in [6, 6.07) is 0.586. The van der Waals surface area contributed by atoms with Crippen molar-refractivity contribution in [3.05, 3.63) is 21.7 Å². The number of benzene rings is 1. The molecule has 108 valence electrons. The zero-order chi connectivity index (χ0) is 14.0. The van der Waals surface area contributed by atoms with Crippen molar-refractivity contribution in [3.63, 3.8) is 0 Å². The molecule has 0 aliphatic heterocycles. The maximum atomic E-state index is 12.1. The van der Waals surface area contributed by atoms with Crippen LogP contribution in [0.15, 0.2) is 6.07 Å². The van der Waals surface area contributed by atoms with Gasteiger partial charge < -0.3 is 16.6 Å². The van der Waals surface area contributed by atoms with Gasteiger partial charge in [0.25, 0.3) is 0 Å². The fourth-order valence-electron chi connectivity index (χ4n) is 1.68. The first-order valence-electron chi connectivity index (χ1n) is 5.51. The molecule has 0 aliphatic rings. The van der Waals surface area contributed by atoms with E-state index >= 15 is 0 Å². The number of hydrogen-bond donors (Lipinski definition) is 3. The number of carbonyl (C=O) groups is 1. The van der Waals surface area contributed by atoms with Gasteiger partial charge in [0.15, 0.2) is 11.5 Å². The first-order valence-corrected chi connectivity index (χ1v) is 6.27. The van der Waals surface area contributed by atoms with E-state index in [-0.39, 0.29) is 45.4 Å². The number of halogens is 3. The second kappa shape index (κ2) is 7.20. The molecule has 0 amide bonds. The van der Waals surface area contributed by atoms with Gasteiger partial charge in [0.1, 0.15) is 0 Å². The van der Waals surface area contributed by atoms with E-state index in [1.54, 1.807) is 0 Å². The quantitative estimate of drug-likeness (QED) is 0.450. The molecule has 5 N–H and O–H groups in total. The lowest BCUT2D eigenvalue weighted by atomic mass is 9.95. The van der Waals surface area contributed by atoms with Gasteiger partial charge in [-0.3, -0.25) is 4.79 Å². The number of carbonyl (C=O) groups excluding carboxylic acids is 1. The summed E-state index contributed by atoms with van der Waals surface area (Å²) in [6.45, 7) is 3.91. The Balaban J connectivity index is 0.00000324. The highest BCUT2D eigenvalue weighted by molar-refractivity contribution is 6.40. The molecule has 0 unspecified atom stereocenters. The highest BCUT2D eigenvalue weighted by atomic mass is 35.5. The highest BCUT2D eigenvalue weighted by Gasteiger charge is 2.24. The van der Waals surface area contributed by atoms with Crippen molar-refractivity contribution in [3.8, 4) is 5.75 Å². The van der Waals surface area contributed by atoms with Gasteiger partial charge in [0.2, 0.25) is 0 Å². The minimum absolute atomic E-state index is 0. The molecule has 1 aromatic rings. The van der Waals surface area contributed by atoms with Gasteiger partial charge in [-0.25, -0.2) is 0 Å². The highest BCUT2D eigenvalue weighted by Crippen LogP contribution is 2.38. The van der Waals surface area contributed by atoms with E-state index in [2.05, 4.69) is 0 Å². The number of phenols is 1. The van der Waals surface area contributed by atoms with Gasteiger partial charge in [-0.05, 0) is 18.4 Å². The molecule has 0 fully saturated rings. The molecule has 1 atom stereocenters. The van der Waals surface area contributed by atoms with Crippen LogP contribution in [-0.4, -0.2) is 16.9 Å². The average Bonchev–Trinajstić information content (AvgIpc) is 2.25. The molecule has 19 heavy (non-hydrogen) atoms. The van der Waals surface area contributed by atoms with E-state index in [1.807, 2.05) is 13.8 Å². The summed E-state index contributed by atoms with van der Waals surface area (Å²) in [5, 5.41) is 9.47. The molecule has 1 rings (SSSR count). The normalized spacial score (nSPS) is 12.1. The van der Waals surface area contributed by atoms with Gasteiger partial charge in [-0.2, -0.15) is 0 Å². The van der Waals surface area contributed by atoms with Crippen molar-refractivity contribution in [2.45, 2.75) is 26.3 Å². The maximum absolute atomic E-state index is 12.1. The summed E-state index contributed by atoms with van der Waals surface area (Å²) in [5.41, 5.74) is 11.7. The van der Waals surface area contributed by atoms with E-state index in [0.29, 0.717) is 6.42 Å². The lowest BCUT2D eigenvalue weighted by Crippen LogP contribution is -2.32. The van der Waals surface area contributed by atoms with Crippen LogP contribution < -0.4 is 11.5 Å². The Morgan fingerprint density at radius 2 is 1.95 bits per heavy atom. The molecular formula is C12H17Cl3N2O2. The molecule has 0 radical (unpaired) electrons. The first-order chi connectivity index (χ1) is 8.25. The molecule has 0 aromatic heterocycles. The molecule has 0 saturated heterocycles. The zero-order valence-electron chi connectivity index (χ0n) is 10.6. The molecule has 0 aliphatic carbocycles. The van der Waals surface area contributed by atoms with Crippen LogP contribution in [0.3, 0.4) is 0 Å². The number of anilines is 1. The van der Waals surface area contributed by atoms with Crippen LogP contribution in [0.25, 0.3) is 0 Å². The van der Waals surface area contributed by atoms with Crippen LogP contribution in [0.1, 0.15) is 30.6 Å². The van der Waals surface area contributed by atoms with Crippen LogP contribution in [0.4, 0.5) is 5.69 Å². The topological polar surface area (TPSA) is 89.3 Å². The molecule has 4 nitrogen and oxygen atoms in total. The molecule has 7 heteroatoms. The van der Waals surface area contributed by atoms with Gasteiger partial charge in [0.05, 0.1) is 21.7 Å². The predicted molar refractivity (Wildman–Crippen MR) is 81.5 cm³/mol. The minimum Gasteiger partial charge on any atom is -0.505 e. The van der Waals surface area contributed by atoms with Gasteiger partial charge >= 0.3 is 0 Å². The number of Topliss-reactive ketones (excluding diaryl/α,β-unsaturated/α-hetero) is 1. The van der Waals surface area contributed by atoms with Crippen molar-refractivity contribution in [1.29, 1.82) is 0 Å². The Morgan fingerprint density at radius 3 is 2.42 bits per heavy atom. The van der Waals surface area contributed by atoms with Crippen LogP contribution >= 0.6 is 35.6 Å². The monoisotopic (exact) mass is 326 g/mol. The van der Waals surface area contributed by atoms with Crippen molar-refractivity contribution in [1.82, 2.24) is 0 Å². The molecular weight excluding hydrogens is 311 g/mol. The van der Waals surface area contributed by atoms with E-state index in [9.17, 15) is 9.90 Å². The summed E-state index contributed by atoms with van der Waals surface area (Å²) in [7, 11) is 0. The van der Waals surface area contributed by atoms with Crippen molar-refractivity contribution in [2.24, 2.45) is 11.7 Å². The summed E-state index contributed by atoms with van der Waals surface area (Å²) in [6.07, 6.45) is 0.512.